The van der Waals surface area contributed by atoms with Crippen LogP contribution >= 0.6 is 0 Å². The van der Waals surface area contributed by atoms with E-state index in [2.05, 4.69) is 19.6 Å². The molecule has 0 radical (unpaired) electrons. The fraction of sp³-hybridized carbons (Fsp3) is 0.120. The Kier molecular flexibility index (Phi) is 7.49. The molecule has 1 aliphatic rings. The highest BCUT2D eigenvalue weighted by atomic mass is 32.2. The van der Waals surface area contributed by atoms with Crippen LogP contribution in [0.1, 0.15) is 18.2 Å². The van der Waals surface area contributed by atoms with E-state index in [0.29, 0.717) is 28.5 Å². The molecule has 13 nitrogen and oxygen atoms in total. The molecule has 0 unspecified atom stereocenters. The van der Waals surface area contributed by atoms with Gasteiger partial charge in [0, 0.05) is 11.4 Å². The number of nitriles is 1. The third-order valence-corrected chi connectivity index (χ3v) is 6.63. The van der Waals surface area contributed by atoms with E-state index < -0.39 is 26.0 Å². The number of hydrogen-bond acceptors (Lipinski definition) is 9. The lowest BCUT2D eigenvalue weighted by Crippen LogP contribution is -2.21. The topological polar surface area (TPSA) is 187 Å². The predicted octanol–water partition coefficient (Wildman–Crippen LogP) is 2.55. The molecule has 40 heavy (non-hydrogen) atoms. The molecule has 0 spiro atoms. The van der Waals surface area contributed by atoms with Crippen molar-refractivity contribution in [3.63, 3.8) is 0 Å². The van der Waals surface area contributed by atoms with Crippen LogP contribution in [0.3, 0.4) is 0 Å². The monoisotopic (exact) mass is 581 g/mol. The third-order valence-electron chi connectivity index (χ3n) is 5.42. The molecule has 0 saturated heterocycles. The van der Waals surface area contributed by atoms with Crippen LogP contribution in [0.2, 0.25) is 0 Å². The number of hydrogen-bond donors (Lipinski definition) is 3. The van der Waals surface area contributed by atoms with Crippen LogP contribution in [0.5, 0.6) is 5.88 Å². The second kappa shape index (κ2) is 10.7. The summed E-state index contributed by atoms with van der Waals surface area (Å²) in [6.45, 7) is 1.65. The maximum Gasteiger partial charge on any atom is 0.280 e. The minimum atomic E-state index is -3.46. The lowest BCUT2D eigenvalue weighted by Gasteiger charge is -2.12. The molecular weight excluding hydrogens is 558 g/mol. The van der Waals surface area contributed by atoms with Crippen LogP contribution in [0.15, 0.2) is 71.4 Å². The summed E-state index contributed by atoms with van der Waals surface area (Å²) < 4.78 is 51.4. The van der Waals surface area contributed by atoms with E-state index in [0.717, 1.165) is 17.2 Å². The molecule has 1 aromatic heterocycles. The number of nitrogens with zero attached hydrogens (tertiary/aromatic N) is 5. The van der Waals surface area contributed by atoms with Crippen molar-refractivity contribution < 1.29 is 26.7 Å². The molecule has 0 bridgehead atoms. The number of aromatic hydroxyl groups is 1. The van der Waals surface area contributed by atoms with Crippen LogP contribution in [0, 0.1) is 11.3 Å². The summed E-state index contributed by atoms with van der Waals surface area (Å²) in [6.07, 6.45) is 6.46. The number of rotatable bonds is 8. The van der Waals surface area contributed by atoms with E-state index in [1.54, 1.807) is 19.1 Å². The smallest absolute Gasteiger partial charge is 0.280 e. The fourth-order valence-electron chi connectivity index (χ4n) is 3.73. The maximum atomic E-state index is 13.0. The van der Waals surface area contributed by atoms with Crippen molar-refractivity contribution in [2.24, 2.45) is 5.10 Å². The Morgan fingerprint density at radius 3 is 1.95 bits per heavy atom. The Labute approximate surface area is 230 Å². The third kappa shape index (κ3) is 6.37. The lowest BCUT2D eigenvalue weighted by atomic mass is 10.1. The number of sulfonamides is 2. The highest BCUT2D eigenvalue weighted by Gasteiger charge is 2.28. The summed E-state index contributed by atoms with van der Waals surface area (Å²) in [5.41, 5.74) is 2.21. The first-order valence-electron chi connectivity index (χ1n) is 11.4. The van der Waals surface area contributed by atoms with E-state index in [9.17, 15) is 32.0 Å². The molecule has 1 aliphatic heterocycles. The SMILES string of the molecule is CC1=NN(c2ccc(NS(C)(=O)=O)cc2)C(=O)/C1=C\C=Cc1c(C#N)nn(-c2ccc(NS(C)(=O)=O)cc2)c1O. The van der Waals surface area contributed by atoms with Crippen molar-refractivity contribution in [1.29, 1.82) is 5.26 Å². The quantitative estimate of drug-likeness (QED) is 0.339. The second-order valence-electron chi connectivity index (χ2n) is 8.69. The van der Waals surface area contributed by atoms with Crippen molar-refractivity contribution in [3.05, 3.63) is 77.5 Å². The number of benzene rings is 2. The first-order valence-corrected chi connectivity index (χ1v) is 15.2. The number of aromatic nitrogens is 2. The van der Waals surface area contributed by atoms with Crippen LogP contribution in [0.25, 0.3) is 11.8 Å². The van der Waals surface area contributed by atoms with Gasteiger partial charge in [-0.25, -0.2) is 16.8 Å². The Hall–Kier alpha value is -4.94. The van der Waals surface area contributed by atoms with E-state index in [-0.39, 0.29) is 22.7 Å². The zero-order valence-corrected chi connectivity index (χ0v) is 23.0. The predicted molar refractivity (Wildman–Crippen MR) is 151 cm³/mol. The van der Waals surface area contributed by atoms with Gasteiger partial charge in [-0.2, -0.15) is 25.2 Å². The normalized spacial score (nSPS) is 14.9. The van der Waals surface area contributed by atoms with Gasteiger partial charge in [-0.1, -0.05) is 6.08 Å². The Morgan fingerprint density at radius 1 is 0.925 bits per heavy atom. The zero-order valence-electron chi connectivity index (χ0n) is 21.4. The van der Waals surface area contributed by atoms with Crippen LogP contribution in [0.4, 0.5) is 17.1 Å². The molecule has 0 atom stereocenters. The molecule has 2 aromatic carbocycles. The van der Waals surface area contributed by atoms with Gasteiger partial charge in [0.1, 0.15) is 6.07 Å². The molecule has 1 amide bonds. The minimum Gasteiger partial charge on any atom is -0.493 e. The molecule has 3 N–H and O–H groups in total. The number of anilines is 3. The van der Waals surface area contributed by atoms with Gasteiger partial charge < -0.3 is 5.11 Å². The van der Waals surface area contributed by atoms with Gasteiger partial charge in [-0.3, -0.25) is 14.2 Å². The molecular formula is C25H23N7O6S2. The van der Waals surface area contributed by atoms with Gasteiger partial charge in [-0.05, 0) is 67.6 Å². The summed E-state index contributed by atoms with van der Waals surface area (Å²) in [7, 11) is -6.90. The van der Waals surface area contributed by atoms with Crippen LogP contribution in [-0.2, 0) is 24.8 Å². The van der Waals surface area contributed by atoms with E-state index >= 15 is 0 Å². The largest absolute Gasteiger partial charge is 0.493 e. The summed E-state index contributed by atoms with van der Waals surface area (Å²) in [4.78, 5) is 13.0. The molecule has 4 rings (SSSR count). The number of amides is 1. The number of nitrogens with one attached hydrogen (secondary N) is 2. The van der Waals surface area contributed by atoms with Crippen LogP contribution < -0.4 is 14.5 Å². The Balaban J connectivity index is 1.55. The molecule has 0 saturated carbocycles. The van der Waals surface area contributed by atoms with Gasteiger partial charge in [0.05, 0.1) is 40.7 Å². The number of carbonyl (C=O) groups is 1. The summed E-state index contributed by atoms with van der Waals surface area (Å²) in [5.74, 6) is -0.753. The summed E-state index contributed by atoms with van der Waals surface area (Å²) in [6, 6.07) is 14.0. The molecule has 3 aromatic rings. The first-order chi connectivity index (χ1) is 18.8. The Morgan fingerprint density at radius 2 is 1.45 bits per heavy atom. The van der Waals surface area contributed by atoms with Gasteiger partial charge >= 0.3 is 0 Å². The van der Waals surface area contributed by atoms with E-state index in [1.165, 1.54) is 59.6 Å². The van der Waals surface area contributed by atoms with Gasteiger partial charge in [0.15, 0.2) is 5.69 Å². The van der Waals surface area contributed by atoms with Crippen LogP contribution in [-0.4, -0.2) is 55.9 Å². The minimum absolute atomic E-state index is 0.0713. The maximum absolute atomic E-state index is 13.0. The average molecular weight is 582 g/mol. The number of hydrazone groups is 1. The summed E-state index contributed by atoms with van der Waals surface area (Å²) in [5, 5.41) is 29.9. The highest BCUT2D eigenvalue weighted by molar-refractivity contribution is 7.92. The lowest BCUT2D eigenvalue weighted by molar-refractivity contribution is -0.114. The number of carbonyl (C=O) groups excluding carboxylic acids is 1. The average Bonchev–Trinajstić information content (AvgIpc) is 3.33. The number of allylic oxidation sites excluding steroid dienone is 2. The van der Waals surface area contributed by atoms with Crippen molar-refractivity contribution >= 4 is 54.8 Å². The molecule has 0 fully saturated rings. The van der Waals surface area contributed by atoms with Crippen molar-refractivity contribution in [1.82, 2.24) is 9.78 Å². The molecule has 2 heterocycles. The van der Waals surface area contributed by atoms with Crippen molar-refractivity contribution in [2.75, 3.05) is 27.0 Å². The molecule has 15 heteroatoms. The standard InChI is InChI=1S/C25H23N7O6S2/c1-16-21(24(33)31(27-16)19-11-7-17(8-12-19)29-39(2,35)36)5-4-6-22-23(15-26)28-32(25(22)34)20-13-9-18(10-14-20)30-40(3,37)38/h4-14,29-30,34H,1-3H3/b6-4?,21-5-. The summed E-state index contributed by atoms with van der Waals surface area (Å²) >= 11 is 0. The molecule has 0 aliphatic carbocycles. The van der Waals surface area contributed by atoms with E-state index in [4.69, 9.17) is 0 Å². The second-order valence-corrected chi connectivity index (χ2v) is 12.2. The van der Waals surface area contributed by atoms with Gasteiger partial charge in [0.2, 0.25) is 25.9 Å². The van der Waals surface area contributed by atoms with Gasteiger partial charge in [-0.15, -0.1) is 0 Å². The van der Waals surface area contributed by atoms with E-state index in [1.807, 2.05) is 6.07 Å². The fourth-order valence-corrected chi connectivity index (χ4v) is 4.86. The van der Waals surface area contributed by atoms with Gasteiger partial charge in [0.25, 0.3) is 5.91 Å². The highest BCUT2D eigenvalue weighted by Crippen LogP contribution is 2.28. The van der Waals surface area contributed by atoms with Crippen molar-refractivity contribution in [2.45, 2.75) is 6.92 Å². The Bertz CT molecular complexity index is 1830. The first kappa shape index (κ1) is 28.1. The van der Waals surface area contributed by atoms with Crippen molar-refractivity contribution in [3.8, 4) is 17.6 Å². The zero-order chi connectivity index (χ0) is 29.2. The molecule has 206 valence electrons.